The van der Waals surface area contributed by atoms with E-state index in [1.165, 1.54) is 6.92 Å². The maximum absolute atomic E-state index is 12.3. The van der Waals surface area contributed by atoms with Gasteiger partial charge in [-0.25, -0.2) is 4.79 Å². The summed E-state index contributed by atoms with van der Waals surface area (Å²) < 4.78 is 4.46. The number of hydrogen-bond donors (Lipinski definition) is 1. The van der Waals surface area contributed by atoms with Gasteiger partial charge in [0.1, 0.15) is 5.76 Å². The molecule has 0 spiro atoms. The minimum atomic E-state index is -1.55. The average Bonchev–Trinajstić information content (AvgIpc) is 2.63. The van der Waals surface area contributed by atoms with Crippen molar-refractivity contribution in [2.24, 2.45) is 0 Å². The molecule has 0 bridgehead atoms. The number of carbonyl (C=O) groups is 3. The second-order valence-corrected chi connectivity index (χ2v) is 4.46. The molecular formula is C15H13NO5. The van der Waals surface area contributed by atoms with Gasteiger partial charge < -0.3 is 9.84 Å². The zero-order valence-corrected chi connectivity index (χ0v) is 11.3. The monoisotopic (exact) mass is 287 g/mol. The number of carbonyl (C=O) groups excluding carboxylic acids is 2. The lowest BCUT2D eigenvalue weighted by Crippen LogP contribution is -2.29. The molecule has 1 aromatic rings. The highest BCUT2D eigenvalue weighted by molar-refractivity contribution is 6.24. The van der Waals surface area contributed by atoms with Gasteiger partial charge in [-0.05, 0) is 12.5 Å². The topological polar surface area (TPSA) is 83.9 Å². The van der Waals surface area contributed by atoms with Crippen LogP contribution in [0.4, 0.5) is 4.79 Å². The molecule has 0 saturated carbocycles. The molecule has 0 radical (unpaired) electrons. The maximum atomic E-state index is 12.3. The summed E-state index contributed by atoms with van der Waals surface area (Å²) in [5.41, 5.74) is 0.623. The number of imide groups is 1. The van der Waals surface area contributed by atoms with E-state index in [4.69, 9.17) is 5.11 Å². The summed E-state index contributed by atoms with van der Waals surface area (Å²) in [5, 5.41) is 8.59. The highest BCUT2D eigenvalue weighted by atomic mass is 16.7. The van der Waals surface area contributed by atoms with Gasteiger partial charge in [0.2, 0.25) is 0 Å². The van der Waals surface area contributed by atoms with Crippen molar-refractivity contribution in [3.63, 3.8) is 0 Å². The summed E-state index contributed by atoms with van der Waals surface area (Å²) in [6.07, 6.45) is -1.55. The molecule has 1 aromatic carbocycles. The smallest absolute Gasteiger partial charge is 0.449 e. The zero-order valence-electron chi connectivity index (χ0n) is 11.3. The Morgan fingerprint density at radius 3 is 2.43 bits per heavy atom. The number of allylic oxidation sites excluding steroid dienone is 1. The van der Waals surface area contributed by atoms with Crippen LogP contribution in [0.25, 0.3) is 0 Å². The Morgan fingerprint density at radius 1 is 1.24 bits per heavy atom. The van der Waals surface area contributed by atoms with E-state index in [0.717, 1.165) is 10.5 Å². The van der Waals surface area contributed by atoms with Crippen LogP contribution in [0.3, 0.4) is 0 Å². The first-order valence-electron chi connectivity index (χ1n) is 6.13. The molecule has 1 N–H and O–H groups in total. The summed E-state index contributed by atoms with van der Waals surface area (Å²) in [6, 6.07) is 8.99. The van der Waals surface area contributed by atoms with Gasteiger partial charge in [-0.3, -0.25) is 14.5 Å². The van der Waals surface area contributed by atoms with Crippen LogP contribution in [0, 0.1) is 0 Å². The van der Waals surface area contributed by atoms with Crippen LogP contribution in [0.1, 0.15) is 12.5 Å². The van der Waals surface area contributed by atoms with Crippen molar-refractivity contribution in [3.8, 4) is 0 Å². The summed E-state index contributed by atoms with van der Waals surface area (Å²) >= 11 is 0. The molecule has 1 fully saturated rings. The van der Waals surface area contributed by atoms with Crippen molar-refractivity contribution >= 4 is 18.0 Å². The van der Waals surface area contributed by atoms with E-state index < -0.39 is 18.0 Å². The normalized spacial score (nSPS) is 17.2. The second-order valence-electron chi connectivity index (χ2n) is 4.46. The third-order valence-corrected chi connectivity index (χ3v) is 3.04. The van der Waals surface area contributed by atoms with Gasteiger partial charge in [0.25, 0.3) is 11.8 Å². The fraction of sp³-hybridized carbons (Fsp3) is 0.133. The van der Waals surface area contributed by atoms with Crippen LogP contribution in [0.15, 0.2) is 53.8 Å². The van der Waals surface area contributed by atoms with Crippen LogP contribution < -0.4 is 0 Å². The summed E-state index contributed by atoms with van der Waals surface area (Å²) in [7, 11) is 0. The molecular weight excluding hydrogens is 274 g/mol. The minimum Gasteiger partial charge on any atom is -0.449 e. The molecule has 2 rings (SSSR count). The summed E-state index contributed by atoms with van der Waals surface area (Å²) in [4.78, 5) is 35.9. The van der Waals surface area contributed by atoms with Crippen LogP contribution in [0.5, 0.6) is 0 Å². The maximum Gasteiger partial charge on any atom is 0.511 e. The summed E-state index contributed by atoms with van der Waals surface area (Å²) in [6.45, 7) is 4.95. The molecule has 0 aromatic heterocycles. The van der Waals surface area contributed by atoms with Gasteiger partial charge in [-0.1, -0.05) is 36.9 Å². The molecule has 108 valence electrons. The lowest BCUT2D eigenvalue weighted by Gasteiger charge is -2.13. The molecule has 1 aliphatic heterocycles. The van der Waals surface area contributed by atoms with E-state index in [2.05, 4.69) is 11.3 Å². The number of ether oxygens (including phenoxy) is 1. The Morgan fingerprint density at radius 2 is 1.86 bits per heavy atom. The third-order valence-electron chi connectivity index (χ3n) is 3.04. The molecule has 1 saturated heterocycles. The fourth-order valence-electron chi connectivity index (χ4n) is 2.08. The van der Waals surface area contributed by atoms with E-state index in [9.17, 15) is 14.4 Å². The van der Waals surface area contributed by atoms with E-state index >= 15 is 0 Å². The number of rotatable bonds is 3. The number of hydrogen-bond acceptors (Lipinski definition) is 4. The molecule has 21 heavy (non-hydrogen) atoms. The Kier molecular flexibility index (Phi) is 3.89. The first-order chi connectivity index (χ1) is 9.91. The van der Waals surface area contributed by atoms with Crippen molar-refractivity contribution in [1.82, 2.24) is 4.90 Å². The third kappa shape index (κ3) is 2.84. The molecule has 1 heterocycles. The van der Waals surface area contributed by atoms with Crippen molar-refractivity contribution in [2.75, 3.05) is 0 Å². The SMILES string of the molecule is C=C1C(=O)N(Cc2ccccc2)C(=O)C1=C(C)OC(=O)O. The number of likely N-dealkylation sites (tertiary alicyclic amines) is 1. The Hall–Kier alpha value is -2.89. The van der Waals surface area contributed by atoms with Crippen molar-refractivity contribution < 1.29 is 24.2 Å². The Balaban J connectivity index is 2.31. The van der Waals surface area contributed by atoms with Gasteiger partial charge in [-0.2, -0.15) is 0 Å². The highest BCUT2D eigenvalue weighted by Crippen LogP contribution is 2.28. The van der Waals surface area contributed by atoms with Crippen LogP contribution in [-0.4, -0.2) is 28.0 Å². The van der Waals surface area contributed by atoms with Crippen molar-refractivity contribution in [1.29, 1.82) is 0 Å². The lowest BCUT2D eigenvalue weighted by atomic mass is 10.1. The van der Waals surface area contributed by atoms with Crippen LogP contribution in [-0.2, 0) is 20.9 Å². The van der Waals surface area contributed by atoms with Gasteiger partial charge in [0, 0.05) is 5.57 Å². The van der Waals surface area contributed by atoms with Gasteiger partial charge in [-0.15, -0.1) is 0 Å². The van der Waals surface area contributed by atoms with E-state index in [-0.39, 0.29) is 23.5 Å². The molecule has 2 amide bonds. The largest absolute Gasteiger partial charge is 0.511 e. The molecule has 0 unspecified atom stereocenters. The van der Waals surface area contributed by atoms with Crippen LogP contribution >= 0.6 is 0 Å². The standard InChI is InChI=1S/C15H13NO5/c1-9-12(10(2)21-15(19)20)14(18)16(13(9)17)8-11-6-4-3-5-7-11/h3-7H,1,8H2,2H3,(H,19,20). The van der Waals surface area contributed by atoms with E-state index in [1.807, 2.05) is 6.07 Å². The van der Waals surface area contributed by atoms with E-state index in [0.29, 0.717) is 0 Å². The molecule has 0 atom stereocenters. The predicted octanol–water partition coefficient (Wildman–Crippen LogP) is 2.08. The van der Waals surface area contributed by atoms with E-state index in [1.54, 1.807) is 24.3 Å². The zero-order chi connectivity index (χ0) is 15.6. The molecule has 6 nitrogen and oxygen atoms in total. The second kappa shape index (κ2) is 5.62. The number of benzene rings is 1. The fourth-order valence-corrected chi connectivity index (χ4v) is 2.08. The highest BCUT2D eigenvalue weighted by Gasteiger charge is 2.39. The molecule has 0 aliphatic carbocycles. The minimum absolute atomic E-state index is 0.0605. The number of carboxylic acid groups (broad SMARTS) is 1. The summed E-state index contributed by atoms with van der Waals surface area (Å²) in [5.74, 6) is -1.30. The first kappa shape index (κ1) is 14.5. The van der Waals surface area contributed by atoms with Gasteiger partial charge in [0.05, 0.1) is 12.1 Å². The van der Waals surface area contributed by atoms with Crippen LogP contribution in [0.2, 0.25) is 0 Å². The van der Waals surface area contributed by atoms with Gasteiger partial charge in [0.15, 0.2) is 0 Å². The quantitative estimate of drug-likeness (QED) is 0.398. The van der Waals surface area contributed by atoms with Gasteiger partial charge >= 0.3 is 6.16 Å². The number of nitrogens with zero attached hydrogens (tertiary/aromatic N) is 1. The Labute approximate surface area is 120 Å². The van der Waals surface area contributed by atoms with Crippen molar-refractivity contribution in [2.45, 2.75) is 13.5 Å². The predicted molar refractivity (Wildman–Crippen MR) is 72.9 cm³/mol. The van der Waals surface area contributed by atoms with Crippen molar-refractivity contribution in [3.05, 3.63) is 59.4 Å². The molecule has 6 heteroatoms. The molecule has 1 aliphatic rings. The lowest BCUT2D eigenvalue weighted by molar-refractivity contribution is -0.137. The Bertz CT molecular complexity index is 660. The number of amides is 2. The first-order valence-corrected chi connectivity index (χ1v) is 6.13. The average molecular weight is 287 g/mol.